The fourth-order valence-electron chi connectivity index (χ4n) is 4.13. The highest BCUT2D eigenvalue weighted by Crippen LogP contribution is 2.41. The van der Waals surface area contributed by atoms with Gasteiger partial charge < -0.3 is 39.1 Å². The normalized spacial score (nSPS) is 10.4. The van der Waals surface area contributed by atoms with Gasteiger partial charge in [0.1, 0.15) is 0 Å². The highest BCUT2D eigenvalue weighted by atomic mass is 16.5. The number of amides is 2. The van der Waals surface area contributed by atoms with Crippen LogP contribution in [0.4, 0.5) is 11.4 Å². The number of nitrogens with one attached hydrogen (secondary N) is 2. The Bertz CT molecular complexity index is 1200. The molecule has 0 aliphatic heterocycles. The van der Waals surface area contributed by atoms with Crippen LogP contribution in [0, 0.1) is 0 Å². The first kappa shape index (κ1) is 31.9. The zero-order valence-corrected chi connectivity index (χ0v) is 25.1. The lowest BCUT2D eigenvalue weighted by molar-refractivity contribution is 0.101. The lowest BCUT2D eigenvalue weighted by atomic mass is 10.1. The van der Waals surface area contributed by atoms with Crippen LogP contribution in [0.15, 0.2) is 48.5 Å². The molecule has 3 aromatic rings. The van der Waals surface area contributed by atoms with Crippen LogP contribution in [0.3, 0.4) is 0 Å². The van der Waals surface area contributed by atoms with Crippen molar-refractivity contribution in [3.05, 3.63) is 59.7 Å². The van der Waals surface area contributed by atoms with Crippen molar-refractivity contribution < 1.29 is 38.0 Å². The molecule has 0 saturated carbocycles. The van der Waals surface area contributed by atoms with Crippen LogP contribution in [-0.2, 0) is 0 Å². The van der Waals surface area contributed by atoms with Crippen molar-refractivity contribution in [1.29, 1.82) is 0 Å². The Morgan fingerprint density at radius 3 is 1.05 bits per heavy atom. The second kappa shape index (κ2) is 16.0. The molecule has 3 aromatic carbocycles. The third kappa shape index (κ3) is 7.99. The highest BCUT2D eigenvalue weighted by molar-refractivity contribution is 6.10. The molecular formula is C32H40N2O8. The van der Waals surface area contributed by atoms with Gasteiger partial charge in [-0.3, -0.25) is 9.59 Å². The van der Waals surface area contributed by atoms with Gasteiger partial charge in [0.05, 0.1) is 51.0 Å². The molecule has 0 unspecified atom stereocenters. The number of para-hydroxylation sites is 2. The first-order valence-corrected chi connectivity index (χ1v) is 14.2. The Hall–Kier alpha value is -4.60. The maximum Gasteiger partial charge on any atom is 0.255 e. The smallest absolute Gasteiger partial charge is 0.255 e. The number of carbonyl (C=O) groups is 2. The Morgan fingerprint density at radius 1 is 0.500 bits per heavy atom. The van der Waals surface area contributed by atoms with Crippen molar-refractivity contribution in [2.24, 2.45) is 0 Å². The third-order valence-electron chi connectivity index (χ3n) is 5.77. The molecule has 2 N–H and O–H groups in total. The first-order chi connectivity index (χ1) is 20.4. The lowest BCUT2D eigenvalue weighted by Crippen LogP contribution is -2.17. The standard InChI is InChI=1S/C32H40N2O8/c1-7-37-25-17-21(18-26(38-8-2)29(25)41-11-5)31(35)33-23-15-13-14-16-24(23)34-32(36)22-19-27(39-9-3)30(42-12-6)28(20-22)40-10-4/h13-20H,7-12H2,1-6H3,(H,33,35)(H,34,36). The summed E-state index contributed by atoms with van der Waals surface area (Å²) in [5, 5.41) is 5.78. The van der Waals surface area contributed by atoms with Gasteiger partial charge in [-0.25, -0.2) is 0 Å². The van der Waals surface area contributed by atoms with Gasteiger partial charge in [-0.2, -0.15) is 0 Å². The zero-order chi connectivity index (χ0) is 30.5. The Morgan fingerprint density at radius 2 is 0.786 bits per heavy atom. The number of benzene rings is 3. The van der Waals surface area contributed by atoms with E-state index < -0.39 is 11.8 Å². The van der Waals surface area contributed by atoms with Crippen molar-refractivity contribution >= 4 is 23.2 Å². The maximum atomic E-state index is 13.4. The summed E-state index contributed by atoms with van der Waals surface area (Å²) in [6, 6.07) is 13.4. The van der Waals surface area contributed by atoms with Gasteiger partial charge in [0, 0.05) is 11.1 Å². The van der Waals surface area contributed by atoms with Crippen molar-refractivity contribution in [3.8, 4) is 34.5 Å². The molecule has 0 fully saturated rings. The molecular weight excluding hydrogens is 540 g/mol. The second-order valence-electron chi connectivity index (χ2n) is 8.66. The van der Waals surface area contributed by atoms with Crippen LogP contribution in [0.5, 0.6) is 34.5 Å². The molecule has 0 aromatic heterocycles. The predicted octanol–water partition coefficient (Wildman–Crippen LogP) is 6.58. The average molecular weight is 581 g/mol. The number of hydrogen-bond donors (Lipinski definition) is 2. The summed E-state index contributed by atoms with van der Waals surface area (Å²) < 4.78 is 34.5. The van der Waals surface area contributed by atoms with E-state index in [0.717, 1.165) is 0 Å². The summed E-state index contributed by atoms with van der Waals surface area (Å²) >= 11 is 0. The molecule has 0 spiro atoms. The summed E-state index contributed by atoms with van der Waals surface area (Å²) in [5.41, 5.74) is 1.42. The van der Waals surface area contributed by atoms with E-state index in [9.17, 15) is 9.59 Å². The highest BCUT2D eigenvalue weighted by Gasteiger charge is 2.21. The third-order valence-corrected chi connectivity index (χ3v) is 5.77. The first-order valence-electron chi connectivity index (χ1n) is 14.2. The molecule has 226 valence electrons. The van der Waals surface area contributed by atoms with E-state index in [-0.39, 0.29) is 0 Å². The zero-order valence-electron chi connectivity index (χ0n) is 25.1. The molecule has 42 heavy (non-hydrogen) atoms. The Labute approximate surface area is 247 Å². The fourth-order valence-corrected chi connectivity index (χ4v) is 4.13. The van der Waals surface area contributed by atoms with E-state index in [4.69, 9.17) is 28.4 Å². The van der Waals surface area contributed by atoms with Gasteiger partial charge in [0.2, 0.25) is 11.5 Å². The van der Waals surface area contributed by atoms with Gasteiger partial charge in [0.15, 0.2) is 23.0 Å². The minimum absolute atomic E-state index is 0.306. The molecule has 0 radical (unpaired) electrons. The summed E-state index contributed by atoms with van der Waals surface area (Å²) in [5.74, 6) is 1.67. The van der Waals surface area contributed by atoms with E-state index in [1.54, 1.807) is 48.5 Å². The number of rotatable bonds is 16. The van der Waals surface area contributed by atoms with Crippen molar-refractivity contribution in [2.45, 2.75) is 41.5 Å². The van der Waals surface area contributed by atoms with E-state index in [1.807, 2.05) is 41.5 Å². The van der Waals surface area contributed by atoms with Gasteiger partial charge in [0.25, 0.3) is 11.8 Å². The van der Waals surface area contributed by atoms with E-state index in [0.29, 0.717) is 96.6 Å². The Kier molecular flexibility index (Phi) is 12.2. The minimum atomic E-state index is -0.417. The van der Waals surface area contributed by atoms with Crippen molar-refractivity contribution in [1.82, 2.24) is 0 Å². The average Bonchev–Trinajstić information content (AvgIpc) is 2.97. The molecule has 0 bridgehead atoms. The molecule has 0 saturated heterocycles. The molecule has 2 amide bonds. The van der Waals surface area contributed by atoms with E-state index in [2.05, 4.69) is 10.6 Å². The Balaban J connectivity index is 1.92. The van der Waals surface area contributed by atoms with Crippen LogP contribution in [0.25, 0.3) is 0 Å². The van der Waals surface area contributed by atoms with Crippen LogP contribution in [-0.4, -0.2) is 51.5 Å². The SMILES string of the molecule is CCOc1cc(C(=O)Nc2ccccc2NC(=O)c2cc(OCC)c(OCC)c(OCC)c2)cc(OCC)c1OCC. The lowest BCUT2D eigenvalue weighted by Gasteiger charge is -2.18. The molecule has 0 aliphatic carbocycles. The van der Waals surface area contributed by atoms with Crippen LogP contribution in [0.2, 0.25) is 0 Å². The van der Waals surface area contributed by atoms with Crippen molar-refractivity contribution in [2.75, 3.05) is 50.3 Å². The van der Waals surface area contributed by atoms with Crippen LogP contribution >= 0.6 is 0 Å². The van der Waals surface area contributed by atoms with Crippen LogP contribution < -0.4 is 39.1 Å². The number of hydrogen-bond acceptors (Lipinski definition) is 8. The molecule has 10 heteroatoms. The molecule has 3 rings (SSSR count). The fraction of sp³-hybridized carbons (Fsp3) is 0.375. The van der Waals surface area contributed by atoms with E-state index in [1.165, 1.54) is 0 Å². The van der Waals surface area contributed by atoms with Crippen LogP contribution in [0.1, 0.15) is 62.3 Å². The number of ether oxygens (including phenoxy) is 6. The predicted molar refractivity (Wildman–Crippen MR) is 162 cm³/mol. The summed E-state index contributed by atoms with van der Waals surface area (Å²) in [6.45, 7) is 13.5. The summed E-state index contributed by atoms with van der Waals surface area (Å²) in [4.78, 5) is 26.8. The summed E-state index contributed by atoms with van der Waals surface area (Å²) in [6.07, 6.45) is 0. The monoisotopic (exact) mass is 580 g/mol. The number of carbonyl (C=O) groups excluding carboxylic acids is 2. The largest absolute Gasteiger partial charge is 0.490 e. The topological polar surface area (TPSA) is 114 Å². The van der Waals surface area contributed by atoms with Gasteiger partial charge in [-0.05, 0) is 77.9 Å². The second-order valence-corrected chi connectivity index (χ2v) is 8.66. The summed E-state index contributed by atoms with van der Waals surface area (Å²) in [7, 11) is 0. The quantitative estimate of drug-likeness (QED) is 0.195. The van der Waals surface area contributed by atoms with Gasteiger partial charge in [-0.15, -0.1) is 0 Å². The van der Waals surface area contributed by atoms with E-state index >= 15 is 0 Å². The molecule has 0 atom stereocenters. The number of anilines is 2. The molecule has 0 aliphatic rings. The molecule has 0 heterocycles. The molecule has 10 nitrogen and oxygen atoms in total. The maximum absolute atomic E-state index is 13.4. The van der Waals surface area contributed by atoms with Gasteiger partial charge >= 0.3 is 0 Å². The minimum Gasteiger partial charge on any atom is -0.490 e. The van der Waals surface area contributed by atoms with Gasteiger partial charge in [-0.1, -0.05) is 12.1 Å². The van der Waals surface area contributed by atoms with Crippen molar-refractivity contribution in [3.63, 3.8) is 0 Å².